The number of carbonyl (C=O) groups is 4. The Morgan fingerprint density at radius 3 is 2.45 bits per heavy atom. The maximum Gasteiger partial charge on any atom is 0.329 e. The van der Waals surface area contributed by atoms with E-state index in [1.807, 2.05) is 32.9 Å². The molecule has 0 aromatic heterocycles. The summed E-state index contributed by atoms with van der Waals surface area (Å²) in [5, 5.41) is 31.7. The van der Waals surface area contributed by atoms with Crippen LogP contribution in [0.4, 0.5) is 0 Å². The second kappa shape index (κ2) is 22.7. The van der Waals surface area contributed by atoms with Gasteiger partial charge >= 0.3 is 11.9 Å². The number of amides is 1. The van der Waals surface area contributed by atoms with Gasteiger partial charge in [-0.05, 0) is 95.5 Å². The number of Topliss-reactive ketones (excluding diaryl/α,β-unsaturated/α-hetero) is 1. The first-order valence-corrected chi connectivity index (χ1v) is 20.3. The number of hydrogen-bond acceptors (Lipinski definition) is 11. The van der Waals surface area contributed by atoms with E-state index in [0.717, 1.165) is 24.0 Å². The average Bonchev–Trinajstić information content (AvgIpc) is 3.16. The zero-order valence-corrected chi connectivity index (χ0v) is 34.3. The Hall–Kier alpha value is -2.90. The maximum atomic E-state index is 13.8. The van der Waals surface area contributed by atoms with E-state index in [2.05, 4.69) is 13.5 Å². The molecule has 3 N–H and O–H groups in total. The van der Waals surface area contributed by atoms with Gasteiger partial charge in [-0.25, -0.2) is 4.79 Å². The number of esters is 2. The fraction of sp³-hybridized carbons (Fsp3) is 0.767. The van der Waals surface area contributed by atoms with Gasteiger partial charge in [0.05, 0.1) is 30.3 Å². The molecule has 12 heteroatoms. The number of ether oxygens (including phenoxy) is 4. The van der Waals surface area contributed by atoms with Crippen LogP contribution in [0, 0.1) is 35.5 Å². The van der Waals surface area contributed by atoms with Crippen molar-refractivity contribution in [3.63, 3.8) is 0 Å². The minimum atomic E-state index is -1.14. The van der Waals surface area contributed by atoms with Crippen LogP contribution in [0.5, 0.6) is 0 Å². The predicted octanol–water partition coefficient (Wildman–Crippen LogP) is 5.12. The molecular weight excluding hydrogens is 706 g/mol. The molecular formula is C43H69NO11. The molecule has 2 aliphatic heterocycles. The molecule has 2 saturated heterocycles. The predicted molar refractivity (Wildman–Crippen MR) is 208 cm³/mol. The van der Waals surface area contributed by atoms with E-state index in [1.165, 1.54) is 4.90 Å². The Morgan fingerprint density at radius 1 is 1.09 bits per heavy atom. The fourth-order valence-electron chi connectivity index (χ4n) is 8.72. The zero-order chi connectivity index (χ0) is 40.8. The monoisotopic (exact) mass is 775 g/mol. The van der Waals surface area contributed by atoms with Gasteiger partial charge in [-0.1, -0.05) is 44.6 Å². The van der Waals surface area contributed by atoms with E-state index < -0.39 is 48.3 Å². The maximum absolute atomic E-state index is 13.8. The van der Waals surface area contributed by atoms with Crippen molar-refractivity contribution in [2.24, 2.45) is 35.5 Å². The van der Waals surface area contributed by atoms with Crippen LogP contribution in [0.2, 0.25) is 0 Å². The van der Waals surface area contributed by atoms with Crippen LogP contribution in [0.3, 0.4) is 0 Å². The van der Waals surface area contributed by atoms with Crippen LogP contribution >= 0.6 is 0 Å². The summed E-state index contributed by atoms with van der Waals surface area (Å²) in [5.41, 5.74) is 1.72. The number of hydrogen-bond donors (Lipinski definition) is 3. The third-order valence-corrected chi connectivity index (χ3v) is 12.1. The summed E-state index contributed by atoms with van der Waals surface area (Å²) in [6.45, 7) is 13.7. The first-order chi connectivity index (χ1) is 26.2. The molecule has 0 spiro atoms. The van der Waals surface area contributed by atoms with Crippen molar-refractivity contribution in [3.05, 3.63) is 36.0 Å². The SMILES string of the molecule is C=CCC(/C=C(\C)CC(C)CC(OC)C1OC(=O)C(C)CC1OC)C(=O)CC(O)C(C)C(OC(=O)C1CCCCN1C=O)/C(C)=C/C1CCC(O)C(CO)C1. The molecule has 1 saturated carbocycles. The third kappa shape index (κ3) is 13.3. The number of piperidine rings is 1. The largest absolute Gasteiger partial charge is 0.457 e. The molecule has 3 aliphatic rings. The number of nitrogens with zero attached hydrogens (tertiary/aromatic N) is 1. The summed E-state index contributed by atoms with van der Waals surface area (Å²) in [5.74, 6) is -2.46. The second-order valence-electron chi connectivity index (χ2n) is 16.6. The van der Waals surface area contributed by atoms with E-state index in [-0.39, 0.29) is 60.7 Å². The van der Waals surface area contributed by atoms with Crippen LogP contribution in [0.1, 0.15) is 105 Å². The number of aliphatic hydroxyl groups is 3. The zero-order valence-electron chi connectivity index (χ0n) is 34.3. The van der Waals surface area contributed by atoms with E-state index >= 15 is 0 Å². The van der Waals surface area contributed by atoms with Gasteiger partial charge in [0.1, 0.15) is 17.9 Å². The van der Waals surface area contributed by atoms with E-state index in [0.29, 0.717) is 64.3 Å². The fourth-order valence-corrected chi connectivity index (χ4v) is 8.72. The smallest absolute Gasteiger partial charge is 0.329 e. The molecule has 1 amide bonds. The minimum absolute atomic E-state index is 0.0308. The first kappa shape index (κ1) is 46.5. The number of rotatable bonds is 21. The summed E-state index contributed by atoms with van der Waals surface area (Å²) >= 11 is 0. The lowest BCUT2D eigenvalue weighted by molar-refractivity contribution is -0.189. The molecule has 1 aliphatic carbocycles. The molecule has 0 radical (unpaired) electrons. The van der Waals surface area contributed by atoms with Crippen LogP contribution in [-0.2, 0) is 38.1 Å². The van der Waals surface area contributed by atoms with Gasteiger partial charge in [0.2, 0.25) is 6.41 Å². The van der Waals surface area contributed by atoms with Crippen molar-refractivity contribution in [2.75, 3.05) is 27.4 Å². The first-order valence-electron chi connectivity index (χ1n) is 20.3. The molecule has 0 aromatic rings. The topological polar surface area (TPSA) is 169 Å². The Morgan fingerprint density at radius 2 is 1.82 bits per heavy atom. The molecule has 3 rings (SSSR count). The highest BCUT2D eigenvalue weighted by Gasteiger charge is 2.41. The second-order valence-corrected chi connectivity index (χ2v) is 16.6. The van der Waals surface area contributed by atoms with Gasteiger partial charge < -0.3 is 39.2 Å². The number of allylic oxidation sites excluding steroid dienone is 4. The molecule has 0 aromatic carbocycles. The lowest BCUT2D eigenvalue weighted by atomic mass is 9.78. The summed E-state index contributed by atoms with van der Waals surface area (Å²) < 4.78 is 23.3. The van der Waals surface area contributed by atoms with E-state index in [1.54, 1.807) is 27.2 Å². The van der Waals surface area contributed by atoms with Crippen molar-refractivity contribution >= 4 is 24.1 Å². The highest BCUT2D eigenvalue weighted by atomic mass is 16.6. The Bertz CT molecular complexity index is 1330. The van der Waals surface area contributed by atoms with Gasteiger partial charge in [-0.15, -0.1) is 6.58 Å². The van der Waals surface area contributed by atoms with Gasteiger partial charge in [-0.3, -0.25) is 14.4 Å². The van der Waals surface area contributed by atoms with Gasteiger partial charge in [-0.2, -0.15) is 0 Å². The summed E-state index contributed by atoms with van der Waals surface area (Å²) in [6.07, 6.45) is 8.60. The van der Waals surface area contributed by atoms with E-state index in [4.69, 9.17) is 18.9 Å². The van der Waals surface area contributed by atoms with Crippen molar-refractivity contribution < 1.29 is 53.4 Å². The van der Waals surface area contributed by atoms with Crippen molar-refractivity contribution in [1.82, 2.24) is 4.90 Å². The summed E-state index contributed by atoms with van der Waals surface area (Å²) in [6, 6.07) is -0.717. The van der Waals surface area contributed by atoms with Crippen molar-refractivity contribution in [2.45, 2.75) is 148 Å². The van der Waals surface area contributed by atoms with Crippen LogP contribution in [-0.4, -0.2) is 114 Å². The average molecular weight is 776 g/mol. The third-order valence-electron chi connectivity index (χ3n) is 12.1. The Labute approximate surface area is 328 Å². The van der Waals surface area contributed by atoms with Gasteiger partial charge in [0.25, 0.3) is 0 Å². The highest BCUT2D eigenvalue weighted by molar-refractivity contribution is 5.83. The van der Waals surface area contributed by atoms with Crippen LogP contribution in [0.15, 0.2) is 36.0 Å². The Balaban J connectivity index is 1.74. The molecule has 55 heavy (non-hydrogen) atoms. The molecule has 2 heterocycles. The molecule has 3 fully saturated rings. The molecule has 12 nitrogen and oxygen atoms in total. The van der Waals surface area contributed by atoms with Gasteiger partial charge in [0, 0.05) is 51.5 Å². The Kier molecular flexibility index (Phi) is 19.2. The van der Waals surface area contributed by atoms with Crippen LogP contribution < -0.4 is 0 Å². The van der Waals surface area contributed by atoms with Gasteiger partial charge in [0.15, 0.2) is 6.10 Å². The van der Waals surface area contributed by atoms with Crippen molar-refractivity contribution in [3.8, 4) is 0 Å². The molecule has 13 unspecified atom stereocenters. The normalized spacial score (nSPS) is 30.0. The standard InChI is InChI=1S/C43H69NO11/c1-9-12-32(18-26(2)17-27(3)19-38(52-7)41-39(53-8)21-29(5)42(50)55-41)37(49)23-36(48)30(6)40(54-43(51)34-13-10-11-16-44(34)25-46)28(4)20-31-14-15-35(47)33(22-31)24-45/h9,18,20,25,27,29-36,38-41,45,47-48H,1,10-17,19,21-24H2,2-8H3/b26-18+,28-20+. The number of carbonyl (C=O) groups excluding carboxylic acids is 4. The lowest BCUT2D eigenvalue weighted by Crippen LogP contribution is -2.49. The number of ketones is 1. The summed E-state index contributed by atoms with van der Waals surface area (Å²) in [7, 11) is 3.22. The van der Waals surface area contributed by atoms with E-state index in [9.17, 15) is 34.5 Å². The number of aliphatic hydroxyl groups excluding tert-OH is 3. The summed E-state index contributed by atoms with van der Waals surface area (Å²) in [4.78, 5) is 53.0. The molecule has 13 atom stereocenters. The van der Waals surface area contributed by atoms with Crippen LogP contribution in [0.25, 0.3) is 0 Å². The molecule has 312 valence electrons. The number of cyclic esters (lactones) is 1. The minimum Gasteiger partial charge on any atom is -0.457 e. The quantitative estimate of drug-likeness (QED) is 0.0805. The number of likely N-dealkylation sites (tertiary alicyclic amines) is 1. The number of methoxy groups -OCH3 is 2. The highest BCUT2D eigenvalue weighted by Crippen LogP contribution is 2.34. The van der Waals surface area contributed by atoms with Crippen molar-refractivity contribution in [1.29, 1.82) is 0 Å². The molecule has 0 bridgehead atoms. The lowest BCUT2D eigenvalue weighted by Gasteiger charge is -2.38.